The number of carbonyl (C=O) groups is 1. The van der Waals surface area contributed by atoms with Crippen molar-refractivity contribution in [1.82, 2.24) is 0 Å². The predicted molar refractivity (Wildman–Crippen MR) is 76.4 cm³/mol. The molecule has 5 rings (SSSR count). The minimum Gasteiger partial charge on any atom is -0.297 e. The van der Waals surface area contributed by atoms with E-state index < -0.39 is 0 Å². The summed E-state index contributed by atoms with van der Waals surface area (Å²) in [6, 6.07) is 10.9. The van der Waals surface area contributed by atoms with Crippen molar-refractivity contribution in [2.75, 3.05) is 26.2 Å². The molecule has 1 aromatic rings. The summed E-state index contributed by atoms with van der Waals surface area (Å²) in [4.78, 5) is 16.1. The molecule has 3 heteroatoms. The minimum absolute atomic E-state index is 0.0405. The van der Waals surface area contributed by atoms with Crippen LogP contribution < -0.4 is 9.80 Å². The molecule has 2 N–H and O–H groups in total. The number of ketones is 1. The van der Waals surface area contributed by atoms with Crippen molar-refractivity contribution < 1.29 is 14.6 Å². The van der Waals surface area contributed by atoms with E-state index >= 15 is 0 Å². The Morgan fingerprint density at radius 1 is 1.10 bits per heavy atom. The Bertz CT molecular complexity index is 537. The lowest BCUT2D eigenvalue weighted by Crippen LogP contribution is -3.41. The molecule has 4 saturated heterocycles. The molecule has 106 valence electrons. The smallest absolute Gasteiger partial charge is 0.240 e. The maximum atomic E-state index is 12.9. The quantitative estimate of drug-likeness (QED) is 0.744. The van der Waals surface area contributed by atoms with Gasteiger partial charge in [0.05, 0.1) is 18.7 Å². The summed E-state index contributed by atoms with van der Waals surface area (Å²) in [5.41, 5.74) is 1.32. The summed E-state index contributed by atoms with van der Waals surface area (Å²) in [7, 11) is 0. The fraction of sp³-hybridized carbons (Fsp3) is 0.588. The Morgan fingerprint density at radius 2 is 1.70 bits per heavy atom. The van der Waals surface area contributed by atoms with Crippen molar-refractivity contribution in [3.05, 3.63) is 35.9 Å². The Labute approximate surface area is 120 Å². The van der Waals surface area contributed by atoms with Gasteiger partial charge in [-0.1, -0.05) is 25.1 Å². The summed E-state index contributed by atoms with van der Waals surface area (Å²) in [6.07, 6.45) is 1.55. The van der Waals surface area contributed by atoms with E-state index in [1.165, 1.54) is 5.56 Å². The lowest BCUT2D eigenvalue weighted by Gasteiger charge is -2.59. The molecule has 4 aliphatic heterocycles. The van der Waals surface area contributed by atoms with Crippen LogP contribution in [0.4, 0.5) is 0 Å². The number of Topliss-reactive ketones (excluding diaryl/α,β-unsaturated/α-hetero) is 1. The highest BCUT2D eigenvalue weighted by Crippen LogP contribution is 2.38. The predicted octanol–water partition coefficient (Wildman–Crippen LogP) is -0.532. The summed E-state index contributed by atoms with van der Waals surface area (Å²) in [5.74, 6) is 0.562. The highest BCUT2D eigenvalue weighted by molar-refractivity contribution is 5.91. The van der Waals surface area contributed by atoms with E-state index in [1.807, 2.05) is 0 Å². The van der Waals surface area contributed by atoms with Crippen molar-refractivity contribution >= 4 is 5.78 Å². The zero-order valence-corrected chi connectivity index (χ0v) is 12.4. The average molecular weight is 272 g/mol. The van der Waals surface area contributed by atoms with E-state index in [0.717, 1.165) is 32.6 Å². The number of rotatable bonds is 2. The number of hydrogen-bond acceptors (Lipinski definition) is 1. The molecule has 4 heterocycles. The SMILES string of the molecule is CCC12C[NH+]3CC(C)(C[NH+](C1)C3c1ccccc1)C2=O. The molecule has 0 aliphatic carbocycles. The molecule has 4 fully saturated rings. The van der Waals surface area contributed by atoms with Crippen molar-refractivity contribution in [2.24, 2.45) is 10.8 Å². The second-order valence-corrected chi connectivity index (χ2v) is 7.39. The van der Waals surface area contributed by atoms with Crippen molar-refractivity contribution in [3.63, 3.8) is 0 Å². The molecule has 4 aliphatic rings. The number of carbonyl (C=O) groups excluding carboxylic acids is 1. The van der Waals surface area contributed by atoms with Crippen LogP contribution in [0.25, 0.3) is 0 Å². The van der Waals surface area contributed by atoms with E-state index in [0.29, 0.717) is 11.9 Å². The van der Waals surface area contributed by atoms with Crippen LogP contribution in [-0.2, 0) is 4.79 Å². The molecule has 0 spiro atoms. The van der Waals surface area contributed by atoms with Crippen LogP contribution in [0.3, 0.4) is 0 Å². The minimum atomic E-state index is -0.0809. The van der Waals surface area contributed by atoms with Gasteiger partial charge < -0.3 is 0 Å². The van der Waals surface area contributed by atoms with Crippen molar-refractivity contribution in [3.8, 4) is 0 Å². The van der Waals surface area contributed by atoms with Gasteiger partial charge in [0.2, 0.25) is 6.17 Å². The normalized spacial score (nSPS) is 45.9. The fourth-order valence-corrected chi connectivity index (χ4v) is 5.31. The summed E-state index contributed by atoms with van der Waals surface area (Å²) < 4.78 is 0. The third-order valence-electron chi connectivity index (χ3n) is 6.02. The van der Waals surface area contributed by atoms with Crippen LogP contribution in [0.1, 0.15) is 32.0 Å². The molecular formula is C17H24N2O+2. The topological polar surface area (TPSA) is 26.0 Å². The number of quaternary nitrogens is 2. The third kappa shape index (κ3) is 1.45. The fourth-order valence-electron chi connectivity index (χ4n) is 5.31. The van der Waals surface area contributed by atoms with Gasteiger partial charge in [0, 0.05) is 0 Å². The Kier molecular flexibility index (Phi) is 2.46. The second-order valence-electron chi connectivity index (χ2n) is 7.39. The zero-order valence-electron chi connectivity index (χ0n) is 12.4. The van der Waals surface area contributed by atoms with Gasteiger partial charge >= 0.3 is 0 Å². The zero-order chi connectivity index (χ0) is 14.0. The molecule has 4 bridgehead atoms. The average Bonchev–Trinajstić information content (AvgIpc) is 2.44. The molecule has 0 radical (unpaired) electrons. The monoisotopic (exact) mass is 272 g/mol. The summed E-state index contributed by atoms with van der Waals surface area (Å²) in [6.45, 7) is 8.54. The van der Waals surface area contributed by atoms with Crippen molar-refractivity contribution in [2.45, 2.75) is 26.4 Å². The van der Waals surface area contributed by atoms with E-state index in [9.17, 15) is 4.79 Å². The number of piperidine rings is 2. The van der Waals surface area contributed by atoms with Gasteiger partial charge in [0.1, 0.15) is 23.9 Å². The largest absolute Gasteiger partial charge is 0.297 e. The molecule has 3 nitrogen and oxygen atoms in total. The van der Waals surface area contributed by atoms with E-state index in [2.05, 4.69) is 44.2 Å². The van der Waals surface area contributed by atoms with Gasteiger partial charge in [-0.3, -0.25) is 14.6 Å². The first-order valence-electron chi connectivity index (χ1n) is 7.87. The summed E-state index contributed by atoms with van der Waals surface area (Å²) in [5, 5.41) is 0. The maximum absolute atomic E-state index is 12.9. The molecule has 2 atom stereocenters. The van der Waals surface area contributed by atoms with E-state index in [-0.39, 0.29) is 10.8 Å². The second kappa shape index (κ2) is 3.92. The molecule has 0 saturated carbocycles. The van der Waals surface area contributed by atoms with Crippen LogP contribution in [0.5, 0.6) is 0 Å². The van der Waals surface area contributed by atoms with E-state index in [4.69, 9.17) is 0 Å². The van der Waals surface area contributed by atoms with Gasteiger partial charge in [-0.15, -0.1) is 0 Å². The first kappa shape index (κ1) is 12.5. The van der Waals surface area contributed by atoms with Gasteiger partial charge in [-0.25, -0.2) is 0 Å². The van der Waals surface area contributed by atoms with Crippen LogP contribution in [0.2, 0.25) is 0 Å². The van der Waals surface area contributed by atoms with Gasteiger partial charge in [0.25, 0.3) is 0 Å². The van der Waals surface area contributed by atoms with Crippen LogP contribution >= 0.6 is 0 Å². The lowest BCUT2D eigenvalue weighted by molar-refractivity contribution is -1.18. The number of hydrogen-bond donors (Lipinski definition) is 2. The number of nitrogens with one attached hydrogen (secondary N) is 2. The molecule has 0 amide bonds. The number of benzene rings is 1. The van der Waals surface area contributed by atoms with Gasteiger partial charge in [-0.05, 0) is 25.5 Å². The maximum Gasteiger partial charge on any atom is 0.240 e. The molecular weight excluding hydrogens is 248 g/mol. The van der Waals surface area contributed by atoms with E-state index in [1.54, 1.807) is 9.80 Å². The van der Waals surface area contributed by atoms with Crippen LogP contribution in [0, 0.1) is 10.8 Å². The molecule has 1 aromatic carbocycles. The molecule has 2 unspecified atom stereocenters. The van der Waals surface area contributed by atoms with Gasteiger partial charge in [-0.2, -0.15) is 0 Å². The standard InChI is InChI=1S/C17H22N2O/c1-3-17-11-18-9-16(2,15(17)20)10-19(12-17)14(18)13-7-5-4-6-8-13/h4-8,14H,3,9-12H2,1-2H3/p+2. The van der Waals surface area contributed by atoms with Crippen LogP contribution in [-0.4, -0.2) is 32.0 Å². The lowest BCUT2D eigenvalue weighted by atomic mass is 9.60. The molecule has 0 aromatic heterocycles. The Morgan fingerprint density at radius 3 is 2.25 bits per heavy atom. The highest BCUT2D eigenvalue weighted by Gasteiger charge is 2.69. The first-order chi connectivity index (χ1) is 9.58. The van der Waals surface area contributed by atoms with Crippen LogP contribution in [0.15, 0.2) is 30.3 Å². The highest BCUT2D eigenvalue weighted by atomic mass is 16.1. The Hall–Kier alpha value is -1.19. The first-order valence-corrected chi connectivity index (χ1v) is 7.87. The Balaban J connectivity index is 1.76. The van der Waals surface area contributed by atoms with Gasteiger partial charge in [0.15, 0.2) is 5.78 Å². The van der Waals surface area contributed by atoms with Crippen molar-refractivity contribution in [1.29, 1.82) is 0 Å². The summed E-state index contributed by atoms with van der Waals surface area (Å²) >= 11 is 0. The molecule has 20 heavy (non-hydrogen) atoms. The third-order valence-corrected chi connectivity index (χ3v) is 6.02.